The van der Waals surface area contributed by atoms with Gasteiger partial charge in [-0.2, -0.15) is 13.2 Å². The van der Waals surface area contributed by atoms with Crippen molar-refractivity contribution in [1.82, 2.24) is 10.3 Å². The molecule has 1 aromatic rings. The van der Waals surface area contributed by atoms with Crippen molar-refractivity contribution in [2.24, 2.45) is 5.92 Å². The normalized spacial score (nSPS) is 17.2. The lowest BCUT2D eigenvalue weighted by molar-refractivity contribution is -0.137. The summed E-state index contributed by atoms with van der Waals surface area (Å²) >= 11 is 0. The lowest BCUT2D eigenvalue weighted by Crippen LogP contribution is -2.35. The minimum Gasteiger partial charge on any atom is -0.317 e. The maximum Gasteiger partial charge on any atom is 0.419 e. The number of hydrogen-bond donors (Lipinski definition) is 2. The molecule has 0 saturated carbocycles. The van der Waals surface area contributed by atoms with Gasteiger partial charge in [0.05, 0.1) is 5.56 Å². The fraction of sp³-hybridized carbons (Fsp3) is 0.500. The van der Waals surface area contributed by atoms with Crippen LogP contribution in [0.25, 0.3) is 0 Å². The number of halogens is 3. The second kappa shape index (κ2) is 5.56. The second-order valence-electron chi connectivity index (χ2n) is 4.41. The van der Waals surface area contributed by atoms with Crippen molar-refractivity contribution in [3.63, 3.8) is 0 Å². The van der Waals surface area contributed by atoms with Crippen molar-refractivity contribution in [3.8, 4) is 0 Å². The Morgan fingerprint density at radius 1 is 1.37 bits per heavy atom. The molecule has 0 aliphatic carbocycles. The van der Waals surface area contributed by atoms with Crippen LogP contribution in [-0.4, -0.2) is 24.0 Å². The quantitative estimate of drug-likeness (QED) is 0.867. The Kier molecular flexibility index (Phi) is 4.04. The fourth-order valence-corrected chi connectivity index (χ4v) is 2.04. The zero-order valence-electron chi connectivity index (χ0n) is 10.1. The molecule has 7 heteroatoms. The Balaban J connectivity index is 2.12. The number of anilines is 1. The SMILES string of the molecule is O=C(Nc1ncccc1C(F)(F)F)C1CCNCC1. The van der Waals surface area contributed by atoms with Gasteiger partial charge in [-0.05, 0) is 38.1 Å². The topological polar surface area (TPSA) is 54.0 Å². The van der Waals surface area contributed by atoms with Crippen molar-refractivity contribution in [2.45, 2.75) is 19.0 Å². The third-order valence-electron chi connectivity index (χ3n) is 3.06. The van der Waals surface area contributed by atoms with Crippen LogP contribution in [-0.2, 0) is 11.0 Å². The van der Waals surface area contributed by atoms with Crippen LogP contribution in [0.4, 0.5) is 19.0 Å². The smallest absolute Gasteiger partial charge is 0.317 e. The van der Waals surface area contributed by atoms with Crippen LogP contribution >= 0.6 is 0 Å². The summed E-state index contributed by atoms with van der Waals surface area (Å²) in [6, 6.07) is 2.11. The summed E-state index contributed by atoms with van der Waals surface area (Å²) in [6.07, 6.45) is -2.04. The summed E-state index contributed by atoms with van der Waals surface area (Å²) in [7, 11) is 0. The highest BCUT2D eigenvalue weighted by Gasteiger charge is 2.35. The molecule has 0 aromatic carbocycles. The fourth-order valence-electron chi connectivity index (χ4n) is 2.04. The van der Waals surface area contributed by atoms with E-state index in [2.05, 4.69) is 15.6 Å². The Bertz CT molecular complexity index is 456. The Morgan fingerprint density at radius 2 is 2.05 bits per heavy atom. The molecule has 1 aromatic heterocycles. The maximum atomic E-state index is 12.7. The van der Waals surface area contributed by atoms with Gasteiger partial charge in [-0.25, -0.2) is 4.98 Å². The van der Waals surface area contributed by atoms with Crippen molar-refractivity contribution in [3.05, 3.63) is 23.9 Å². The van der Waals surface area contributed by atoms with E-state index in [0.717, 1.165) is 6.07 Å². The molecule has 1 fully saturated rings. The number of piperidine rings is 1. The van der Waals surface area contributed by atoms with Gasteiger partial charge in [-0.3, -0.25) is 4.79 Å². The molecule has 0 atom stereocenters. The van der Waals surface area contributed by atoms with E-state index in [1.54, 1.807) is 0 Å². The van der Waals surface area contributed by atoms with E-state index in [9.17, 15) is 18.0 Å². The summed E-state index contributed by atoms with van der Waals surface area (Å²) < 4.78 is 38.2. The van der Waals surface area contributed by atoms with Gasteiger partial charge in [0.2, 0.25) is 5.91 Å². The lowest BCUT2D eigenvalue weighted by Gasteiger charge is -2.22. The van der Waals surface area contributed by atoms with Gasteiger partial charge >= 0.3 is 6.18 Å². The van der Waals surface area contributed by atoms with Crippen LogP contribution in [0, 0.1) is 5.92 Å². The highest BCUT2D eigenvalue weighted by molar-refractivity contribution is 5.92. The molecule has 19 heavy (non-hydrogen) atoms. The van der Waals surface area contributed by atoms with E-state index in [1.807, 2.05) is 0 Å². The van der Waals surface area contributed by atoms with E-state index >= 15 is 0 Å². The predicted octanol–water partition coefficient (Wildman–Crippen LogP) is 2.04. The first kappa shape index (κ1) is 13.8. The number of nitrogens with zero attached hydrogens (tertiary/aromatic N) is 1. The Hall–Kier alpha value is -1.63. The van der Waals surface area contributed by atoms with Crippen LogP contribution in [0.3, 0.4) is 0 Å². The molecule has 1 amide bonds. The highest BCUT2D eigenvalue weighted by atomic mass is 19.4. The molecule has 2 N–H and O–H groups in total. The summed E-state index contributed by atoms with van der Waals surface area (Å²) in [5, 5.41) is 5.38. The Morgan fingerprint density at radius 3 is 2.68 bits per heavy atom. The molecule has 1 aliphatic heterocycles. The average Bonchev–Trinajstić information content (AvgIpc) is 2.39. The van der Waals surface area contributed by atoms with Gasteiger partial charge in [0.1, 0.15) is 5.82 Å². The second-order valence-corrected chi connectivity index (χ2v) is 4.41. The number of carbonyl (C=O) groups excluding carboxylic acids is 1. The predicted molar refractivity (Wildman–Crippen MR) is 63.5 cm³/mol. The summed E-state index contributed by atoms with van der Waals surface area (Å²) in [6.45, 7) is 1.40. The average molecular weight is 273 g/mol. The zero-order chi connectivity index (χ0) is 13.9. The number of alkyl halides is 3. The molecular weight excluding hydrogens is 259 g/mol. The standard InChI is InChI=1S/C12H14F3N3O/c13-12(14,15)9-2-1-5-17-10(9)18-11(19)8-3-6-16-7-4-8/h1-2,5,8,16H,3-4,6-7H2,(H,17,18,19). The molecule has 1 saturated heterocycles. The molecule has 0 bridgehead atoms. The molecule has 0 unspecified atom stereocenters. The number of nitrogens with one attached hydrogen (secondary N) is 2. The first-order valence-corrected chi connectivity index (χ1v) is 6.02. The molecule has 2 heterocycles. The van der Waals surface area contributed by atoms with Gasteiger partial charge in [0.15, 0.2) is 0 Å². The van der Waals surface area contributed by atoms with Crippen molar-refractivity contribution in [2.75, 3.05) is 18.4 Å². The number of pyridine rings is 1. The number of hydrogen-bond acceptors (Lipinski definition) is 3. The van der Waals surface area contributed by atoms with E-state index in [-0.39, 0.29) is 5.92 Å². The number of rotatable bonds is 2. The Labute approximate surface area is 108 Å². The van der Waals surface area contributed by atoms with Gasteiger partial charge in [-0.1, -0.05) is 0 Å². The zero-order valence-corrected chi connectivity index (χ0v) is 10.1. The van der Waals surface area contributed by atoms with Crippen molar-refractivity contribution < 1.29 is 18.0 Å². The highest BCUT2D eigenvalue weighted by Crippen LogP contribution is 2.33. The van der Waals surface area contributed by atoms with E-state index in [0.29, 0.717) is 25.9 Å². The van der Waals surface area contributed by atoms with Crippen molar-refractivity contribution in [1.29, 1.82) is 0 Å². The molecule has 104 valence electrons. The van der Waals surface area contributed by atoms with Gasteiger partial charge in [-0.15, -0.1) is 0 Å². The molecule has 1 aliphatic rings. The molecule has 0 spiro atoms. The van der Waals surface area contributed by atoms with Crippen LogP contribution in [0.15, 0.2) is 18.3 Å². The van der Waals surface area contributed by atoms with E-state index in [4.69, 9.17) is 0 Å². The number of aromatic nitrogens is 1. The number of amides is 1. The third kappa shape index (κ3) is 3.44. The minimum absolute atomic E-state index is 0.260. The molecule has 4 nitrogen and oxygen atoms in total. The van der Waals surface area contributed by atoms with Gasteiger partial charge in [0, 0.05) is 12.1 Å². The maximum absolute atomic E-state index is 12.7. The molecule has 0 radical (unpaired) electrons. The monoisotopic (exact) mass is 273 g/mol. The minimum atomic E-state index is -4.52. The van der Waals surface area contributed by atoms with Crippen LogP contribution in [0.2, 0.25) is 0 Å². The van der Waals surface area contributed by atoms with Crippen LogP contribution in [0.1, 0.15) is 18.4 Å². The van der Waals surface area contributed by atoms with Crippen molar-refractivity contribution >= 4 is 11.7 Å². The number of carbonyl (C=O) groups is 1. The summed E-state index contributed by atoms with van der Waals surface area (Å²) in [4.78, 5) is 15.5. The van der Waals surface area contributed by atoms with E-state index < -0.39 is 23.5 Å². The summed E-state index contributed by atoms with van der Waals surface area (Å²) in [5.41, 5.74) is -0.919. The molecular formula is C12H14F3N3O. The largest absolute Gasteiger partial charge is 0.419 e. The van der Waals surface area contributed by atoms with Crippen LogP contribution in [0.5, 0.6) is 0 Å². The van der Waals surface area contributed by atoms with Gasteiger partial charge in [0.25, 0.3) is 0 Å². The van der Waals surface area contributed by atoms with Gasteiger partial charge < -0.3 is 10.6 Å². The lowest BCUT2D eigenvalue weighted by atomic mass is 9.97. The van der Waals surface area contributed by atoms with E-state index in [1.165, 1.54) is 12.3 Å². The first-order valence-electron chi connectivity index (χ1n) is 6.02. The van der Waals surface area contributed by atoms with Crippen LogP contribution < -0.4 is 10.6 Å². The first-order chi connectivity index (χ1) is 8.98. The molecule has 2 rings (SSSR count). The third-order valence-corrected chi connectivity index (χ3v) is 3.06. The summed E-state index contributed by atoms with van der Waals surface area (Å²) in [5.74, 6) is -1.08.